The van der Waals surface area contributed by atoms with Crippen LogP contribution in [0.15, 0.2) is 47.3 Å². The Hall–Kier alpha value is -2.88. The van der Waals surface area contributed by atoms with E-state index in [1.165, 1.54) is 6.08 Å². The van der Waals surface area contributed by atoms with Crippen molar-refractivity contribution in [3.8, 4) is 0 Å². The lowest BCUT2D eigenvalue weighted by molar-refractivity contribution is 0.515. The molecule has 1 N–H and O–H groups in total. The zero-order valence-electron chi connectivity index (χ0n) is 14.1. The molecule has 4 heteroatoms. The maximum atomic E-state index is 12.7. The van der Waals surface area contributed by atoms with Gasteiger partial charge in [0.2, 0.25) is 0 Å². The third kappa shape index (κ3) is 2.83. The number of nitrogens with zero attached hydrogens (tertiary/aromatic N) is 2. The Bertz CT molecular complexity index is 986. The summed E-state index contributed by atoms with van der Waals surface area (Å²) < 4.78 is 1.69. The number of aryl methyl sites for hydroxylation is 3. The van der Waals surface area contributed by atoms with E-state index >= 15 is 0 Å². The quantitative estimate of drug-likeness (QED) is 0.740. The minimum absolute atomic E-state index is 0.0334. The van der Waals surface area contributed by atoms with Crippen LogP contribution >= 0.6 is 0 Å². The van der Waals surface area contributed by atoms with E-state index in [4.69, 9.17) is 0 Å². The molecule has 0 aliphatic heterocycles. The van der Waals surface area contributed by atoms with Gasteiger partial charge in [-0.15, -0.1) is 0 Å². The van der Waals surface area contributed by atoms with Gasteiger partial charge in [-0.25, -0.2) is 4.98 Å². The number of rotatable bonds is 3. The van der Waals surface area contributed by atoms with E-state index in [1.807, 2.05) is 51.1 Å². The van der Waals surface area contributed by atoms with Gasteiger partial charge < -0.3 is 9.67 Å². The Balaban J connectivity index is 2.24. The lowest BCUT2D eigenvalue weighted by Crippen LogP contribution is -2.23. The summed E-state index contributed by atoms with van der Waals surface area (Å²) in [5.41, 5.74) is 4.53. The lowest BCUT2D eigenvalue weighted by Gasteiger charge is -2.11. The van der Waals surface area contributed by atoms with Gasteiger partial charge in [0.05, 0.1) is 11.0 Å². The lowest BCUT2D eigenvalue weighted by atomic mass is 10.1. The number of aliphatic hydroxyl groups excluding tert-OH is 1. The molecule has 4 nitrogen and oxygen atoms in total. The molecule has 3 aromatic rings. The first kappa shape index (κ1) is 16.0. The molecule has 0 aliphatic rings. The summed E-state index contributed by atoms with van der Waals surface area (Å²) >= 11 is 0. The topological polar surface area (TPSA) is 55.1 Å². The summed E-state index contributed by atoms with van der Waals surface area (Å²) in [5.74, 6) is 0.0334. The molecular formula is C20H20N2O2. The molecule has 0 unspecified atom stereocenters. The third-order valence-electron chi connectivity index (χ3n) is 4.25. The van der Waals surface area contributed by atoms with Gasteiger partial charge in [0.25, 0.3) is 5.56 Å². The van der Waals surface area contributed by atoms with Crippen molar-refractivity contribution < 1.29 is 5.11 Å². The predicted octanol–water partition coefficient (Wildman–Crippen LogP) is 4.09. The zero-order valence-corrected chi connectivity index (χ0v) is 14.1. The number of aromatic nitrogens is 2. The summed E-state index contributed by atoms with van der Waals surface area (Å²) in [7, 11) is 0. The molecule has 24 heavy (non-hydrogen) atoms. The zero-order chi connectivity index (χ0) is 17.3. The molecule has 0 fully saturated rings. The Morgan fingerprint density at radius 1 is 1.17 bits per heavy atom. The molecule has 0 radical (unpaired) electrons. The molecule has 0 saturated heterocycles. The van der Waals surface area contributed by atoms with Gasteiger partial charge in [-0.1, -0.05) is 30.3 Å². The number of hydrogen-bond acceptors (Lipinski definition) is 3. The third-order valence-corrected chi connectivity index (χ3v) is 4.25. The molecule has 0 saturated carbocycles. The largest absolute Gasteiger partial charge is 0.507 e. The Morgan fingerprint density at radius 2 is 1.83 bits per heavy atom. The summed E-state index contributed by atoms with van der Waals surface area (Å²) in [6.45, 7) is 6.52. The Kier molecular flexibility index (Phi) is 4.21. The van der Waals surface area contributed by atoms with Crippen LogP contribution in [0.5, 0.6) is 0 Å². The second-order valence-electron chi connectivity index (χ2n) is 5.87. The normalized spacial score (nSPS) is 11.9. The summed E-state index contributed by atoms with van der Waals surface area (Å²) in [6.07, 6.45) is 1.44. The van der Waals surface area contributed by atoms with Crippen molar-refractivity contribution in [1.82, 2.24) is 9.55 Å². The van der Waals surface area contributed by atoms with E-state index in [-0.39, 0.29) is 17.0 Å². The fourth-order valence-corrected chi connectivity index (χ4v) is 2.75. The van der Waals surface area contributed by atoms with Crippen LogP contribution in [-0.2, 0) is 6.54 Å². The van der Waals surface area contributed by atoms with Crippen molar-refractivity contribution in [2.24, 2.45) is 0 Å². The van der Waals surface area contributed by atoms with Gasteiger partial charge in [-0.05, 0) is 44.0 Å². The molecule has 0 amide bonds. The molecule has 1 aromatic heterocycles. The average molecular weight is 320 g/mol. The molecule has 0 spiro atoms. The van der Waals surface area contributed by atoms with E-state index < -0.39 is 0 Å². The van der Waals surface area contributed by atoms with Crippen molar-refractivity contribution >= 4 is 22.9 Å². The minimum Gasteiger partial charge on any atom is -0.507 e. The standard InChI is InChI=1S/C20H20N2O2/c1-4-22-18-11-14(3)13(2)10-16(18)21-17(20(22)24)12-19(23)15-8-6-5-7-9-15/h5-12,23H,4H2,1-3H3. The van der Waals surface area contributed by atoms with E-state index in [0.29, 0.717) is 12.1 Å². The molecule has 0 atom stereocenters. The van der Waals surface area contributed by atoms with Crippen LogP contribution in [0.2, 0.25) is 0 Å². The average Bonchev–Trinajstić information content (AvgIpc) is 2.58. The van der Waals surface area contributed by atoms with Crippen molar-refractivity contribution in [3.05, 3.63) is 75.2 Å². The SMILES string of the molecule is CCn1c(=O)c(C=C(O)c2ccccc2)nc2cc(C)c(C)cc21. The molecule has 122 valence electrons. The highest BCUT2D eigenvalue weighted by atomic mass is 16.3. The van der Waals surface area contributed by atoms with Crippen molar-refractivity contribution in [2.45, 2.75) is 27.3 Å². The molecule has 0 bridgehead atoms. The summed E-state index contributed by atoms with van der Waals surface area (Å²) in [5, 5.41) is 10.3. The van der Waals surface area contributed by atoms with Crippen LogP contribution in [0.1, 0.15) is 29.3 Å². The van der Waals surface area contributed by atoms with Gasteiger partial charge >= 0.3 is 0 Å². The van der Waals surface area contributed by atoms with Crippen molar-refractivity contribution in [1.29, 1.82) is 0 Å². The Labute approximate surface area is 140 Å². The number of benzene rings is 2. The van der Waals surface area contributed by atoms with Crippen molar-refractivity contribution in [3.63, 3.8) is 0 Å². The fraction of sp³-hybridized carbons (Fsp3) is 0.200. The summed E-state index contributed by atoms with van der Waals surface area (Å²) in [6, 6.07) is 13.1. The molecule has 3 rings (SSSR count). The predicted molar refractivity (Wildman–Crippen MR) is 98.1 cm³/mol. The number of aliphatic hydroxyl groups is 1. The number of fused-ring (bicyclic) bond motifs is 1. The van der Waals surface area contributed by atoms with Crippen LogP contribution in [-0.4, -0.2) is 14.7 Å². The second kappa shape index (κ2) is 6.32. The van der Waals surface area contributed by atoms with Crippen LogP contribution < -0.4 is 5.56 Å². The number of hydrogen-bond donors (Lipinski definition) is 1. The van der Waals surface area contributed by atoms with E-state index in [1.54, 1.807) is 16.7 Å². The van der Waals surface area contributed by atoms with E-state index in [9.17, 15) is 9.90 Å². The second-order valence-corrected chi connectivity index (χ2v) is 5.87. The highest BCUT2D eigenvalue weighted by Gasteiger charge is 2.11. The monoisotopic (exact) mass is 320 g/mol. The highest BCUT2D eigenvalue weighted by molar-refractivity contribution is 5.80. The smallest absolute Gasteiger partial charge is 0.277 e. The van der Waals surface area contributed by atoms with Gasteiger partial charge in [-0.2, -0.15) is 0 Å². The van der Waals surface area contributed by atoms with Crippen LogP contribution in [0, 0.1) is 13.8 Å². The maximum Gasteiger partial charge on any atom is 0.277 e. The van der Waals surface area contributed by atoms with Gasteiger partial charge in [0.15, 0.2) is 0 Å². The van der Waals surface area contributed by atoms with Gasteiger partial charge in [-0.3, -0.25) is 4.79 Å². The summed E-state index contributed by atoms with van der Waals surface area (Å²) in [4.78, 5) is 17.2. The fourth-order valence-electron chi connectivity index (χ4n) is 2.75. The highest BCUT2D eigenvalue weighted by Crippen LogP contribution is 2.19. The van der Waals surface area contributed by atoms with E-state index in [2.05, 4.69) is 4.98 Å². The molecule has 2 aromatic carbocycles. The first-order valence-corrected chi connectivity index (χ1v) is 7.99. The van der Waals surface area contributed by atoms with Crippen molar-refractivity contribution in [2.75, 3.05) is 0 Å². The minimum atomic E-state index is -0.198. The van der Waals surface area contributed by atoms with Gasteiger partial charge in [0.1, 0.15) is 11.5 Å². The first-order chi connectivity index (χ1) is 11.5. The van der Waals surface area contributed by atoms with Crippen LogP contribution in [0.3, 0.4) is 0 Å². The van der Waals surface area contributed by atoms with E-state index in [0.717, 1.165) is 22.2 Å². The van der Waals surface area contributed by atoms with Crippen LogP contribution in [0.4, 0.5) is 0 Å². The van der Waals surface area contributed by atoms with Crippen LogP contribution in [0.25, 0.3) is 22.9 Å². The maximum absolute atomic E-state index is 12.7. The van der Waals surface area contributed by atoms with Gasteiger partial charge in [0, 0.05) is 18.2 Å². The Morgan fingerprint density at radius 3 is 2.50 bits per heavy atom. The first-order valence-electron chi connectivity index (χ1n) is 7.99. The molecule has 1 heterocycles. The molecular weight excluding hydrogens is 300 g/mol. The molecule has 0 aliphatic carbocycles.